The summed E-state index contributed by atoms with van der Waals surface area (Å²) in [6.45, 7) is 1.64. The van der Waals surface area contributed by atoms with Crippen LogP contribution in [0, 0.1) is 5.82 Å². The number of halogens is 2. The summed E-state index contributed by atoms with van der Waals surface area (Å²) >= 11 is 3.19. The predicted molar refractivity (Wildman–Crippen MR) is 99.5 cm³/mol. The van der Waals surface area contributed by atoms with Crippen LogP contribution in [0.3, 0.4) is 0 Å². The van der Waals surface area contributed by atoms with Gasteiger partial charge in [-0.3, -0.25) is 0 Å². The van der Waals surface area contributed by atoms with Gasteiger partial charge in [0.1, 0.15) is 17.7 Å². The molecule has 4 rings (SSSR count). The van der Waals surface area contributed by atoms with Crippen molar-refractivity contribution >= 4 is 44.3 Å². The lowest BCUT2D eigenvalue weighted by Gasteiger charge is -2.17. The van der Waals surface area contributed by atoms with Gasteiger partial charge in [-0.25, -0.2) is 19.3 Å². The molecule has 0 radical (unpaired) electrons. The molecule has 25 heavy (non-hydrogen) atoms. The molecule has 0 spiro atoms. The number of hydrogen-bond acceptors (Lipinski definition) is 6. The van der Waals surface area contributed by atoms with Crippen molar-refractivity contribution in [2.75, 3.05) is 23.3 Å². The number of nitrogens with zero attached hydrogens (tertiary/aromatic N) is 4. The summed E-state index contributed by atoms with van der Waals surface area (Å²) in [6.07, 6.45) is 2.38. The second-order valence-electron chi connectivity index (χ2n) is 5.98. The van der Waals surface area contributed by atoms with E-state index in [1.54, 1.807) is 18.2 Å². The number of fused-ring (bicyclic) bond motifs is 1. The molecule has 3 heterocycles. The van der Waals surface area contributed by atoms with Crippen LogP contribution in [-0.4, -0.2) is 34.1 Å². The van der Waals surface area contributed by atoms with Crippen molar-refractivity contribution in [3.8, 4) is 0 Å². The van der Waals surface area contributed by atoms with E-state index in [1.165, 1.54) is 6.33 Å². The Hall–Kier alpha value is -2.32. The number of anilines is 3. The van der Waals surface area contributed by atoms with Gasteiger partial charge >= 0.3 is 0 Å². The number of rotatable bonds is 3. The number of nitrogens with two attached hydrogens (primary N) is 1. The molecule has 1 aliphatic heterocycles. The standard InChI is InChI=1S/C17H16BrFN6/c18-11-2-1-3-12(15(11)19)23-17-16-13(21-9-22-17)4-5-14(24-16)25-7-6-10(20)8-25/h1-5,9-10H,6-8,20H2,(H,21,22,23). The van der Waals surface area contributed by atoms with Gasteiger partial charge in [-0.1, -0.05) is 6.07 Å². The molecule has 0 aliphatic carbocycles. The fraction of sp³-hybridized carbons (Fsp3) is 0.235. The number of hydrogen-bond donors (Lipinski definition) is 2. The first-order chi connectivity index (χ1) is 12.1. The van der Waals surface area contributed by atoms with Gasteiger partial charge in [0.15, 0.2) is 11.6 Å². The fourth-order valence-corrected chi connectivity index (χ4v) is 3.29. The zero-order valence-electron chi connectivity index (χ0n) is 13.3. The van der Waals surface area contributed by atoms with Crippen molar-refractivity contribution in [1.29, 1.82) is 0 Å². The molecule has 128 valence electrons. The highest BCUT2D eigenvalue weighted by Gasteiger charge is 2.21. The predicted octanol–water partition coefficient (Wildman–Crippen LogP) is 3.21. The maximum absolute atomic E-state index is 14.3. The molecule has 3 N–H and O–H groups in total. The maximum Gasteiger partial charge on any atom is 0.160 e. The molecule has 8 heteroatoms. The van der Waals surface area contributed by atoms with E-state index < -0.39 is 0 Å². The lowest BCUT2D eigenvalue weighted by Crippen LogP contribution is -2.26. The van der Waals surface area contributed by atoms with Crippen molar-refractivity contribution < 1.29 is 4.39 Å². The van der Waals surface area contributed by atoms with Crippen molar-refractivity contribution in [3.63, 3.8) is 0 Å². The van der Waals surface area contributed by atoms with E-state index in [4.69, 9.17) is 5.73 Å². The van der Waals surface area contributed by atoms with Crippen molar-refractivity contribution in [3.05, 3.63) is 46.9 Å². The molecular formula is C17H16BrFN6. The summed E-state index contributed by atoms with van der Waals surface area (Å²) in [6, 6.07) is 9.03. The van der Waals surface area contributed by atoms with Crippen LogP contribution in [0.5, 0.6) is 0 Å². The normalized spacial score (nSPS) is 17.2. The third kappa shape index (κ3) is 3.14. The quantitative estimate of drug-likeness (QED) is 0.699. The largest absolute Gasteiger partial charge is 0.355 e. The Morgan fingerprint density at radius 3 is 2.92 bits per heavy atom. The summed E-state index contributed by atoms with van der Waals surface area (Å²) < 4.78 is 14.6. The molecule has 1 aromatic carbocycles. The first kappa shape index (κ1) is 16.2. The average molecular weight is 403 g/mol. The molecule has 1 fully saturated rings. The number of nitrogens with one attached hydrogen (secondary N) is 1. The van der Waals surface area contributed by atoms with Crippen LogP contribution in [0.4, 0.5) is 21.7 Å². The van der Waals surface area contributed by atoms with Crippen molar-refractivity contribution in [2.45, 2.75) is 12.5 Å². The minimum atomic E-state index is -0.379. The summed E-state index contributed by atoms with van der Waals surface area (Å²) in [5.41, 5.74) is 7.60. The molecule has 1 saturated heterocycles. The number of pyridine rings is 1. The molecule has 0 bridgehead atoms. The second-order valence-corrected chi connectivity index (χ2v) is 6.83. The molecule has 0 saturated carbocycles. The van der Waals surface area contributed by atoms with E-state index in [0.717, 1.165) is 25.3 Å². The second kappa shape index (κ2) is 6.53. The number of aromatic nitrogens is 3. The lowest BCUT2D eigenvalue weighted by atomic mass is 10.3. The molecule has 2 aromatic heterocycles. The van der Waals surface area contributed by atoms with Crippen molar-refractivity contribution in [1.82, 2.24) is 15.0 Å². The first-order valence-corrected chi connectivity index (χ1v) is 8.74. The van der Waals surface area contributed by atoms with E-state index in [-0.39, 0.29) is 11.9 Å². The Balaban J connectivity index is 1.74. The smallest absolute Gasteiger partial charge is 0.160 e. The van der Waals surface area contributed by atoms with Crippen LogP contribution < -0.4 is 16.0 Å². The Kier molecular flexibility index (Phi) is 4.22. The maximum atomic E-state index is 14.3. The minimum absolute atomic E-state index is 0.165. The Morgan fingerprint density at radius 1 is 1.24 bits per heavy atom. The molecule has 3 aromatic rings. The van der Waals surface area contributed by atoms with Gasteiger partial charge in [0, 0.05) is 19.1 Å². The van der Waals surface area contributed by atoms with Crippen LogP contribution in [0.2, 0.25) is 0 Å². The van der Waals surface area contributed by atoms with Gasteiger partial charge in [0.2, 0.25) is 0 Å². The summed E-state index contributed by atoms with van der Waals surface area (Å²) in [5.74, 6) is 0.913. The fourth-order valence-electron chi connectivity index (χ4n) is 2.92. The average Bonchev–Trinajstić information content (AvgIpc) is 3.05. The first-order valence-electron chi connectivity index (χ1n) is 7.95. The zero-order chi connectivity index (χ0) is 17.4. The molecule has 1 atom stereocenters. The van der Waals surface area contributed by atoms with Gasteiger partial charge in [-0.15, -0.1) is 0 Å². The van der Waals surface area contributed by atoms with Gasteiger partial charge < -0.3 is 16.0 Å². The molecule has 1 aliphatic rings. The molecular weight excluding hydrogens is 387 g/mol. The van der Waals surface area contributed by atoms with Crippen molar-refractivity contribution in [2.24, 2.45) is 5.73 Å². The number of benzene rings is 1. The van der Waals surface area contributed by atoms with Crippen LogP contribution in [0.1, 0.15) is 6.42 Å². The monoisotopic (exact) mass is 402 g/mol. The topological polar surface area (TPSA) is 80.0 Å². The summed E-state index contributed by atoms with van der Waals surface area (Å²) in [7, 11) is 0. The molecule has 6 nitrogen and oxygen atoms in total. The van der Waals surface area contributed by atoms with Crippen LogP contribution in [0.15, 0.2) is 41.1 Å². The SMILES string of the molecule is NC1CCN(c2ccc3ncnc(Nc4cccc(Br)c4F)c3n2)C1. The van der Waals surface area contributed by atoms with Gasteiger partial charge in [-0.05, 0) is 46.6 Å². The van der Waals surface area contributed by atoms with Gasteiger partial charge in [-0.2, -0.15) is 0 Å². The third-order valence-electron chi connectivity index (χ3n) is 4.22. The highest BCUT2D eigenvalue weighted by molar-refractivity contribution is 9.10. The van der Waals surface area contributed by atoms with Gasteiger partial charge in [0.05, 0.1) is 15.7 Å². The minimum Gasteiger partial charge on any atom is -0.355 e. The van der Waals surface area contributed by atoms with E-state index in [0.29, 0.717) is 27.0 Å². The Morgan fingerprint density at radius 2 is 2.12 bits per heavy atom. The van der Waals surface area contributed by atoms with Crippen LogP contribution in [0.25, 0.3) is 11.0 Å². The van der Waals surface area contributed by atoms with E-state index in [9.17, 15) is 4.39 Å². The molecule has 1 unspecified atom stereocenters. The summed E-state index contributed by atoms with van der Waals surface area (Å²) in [5, 5.41) is 3.02. The van der Waals surface area contributed by atoms with E-state index in [1.807, 2.05) is 12.1 Å². The van der Waals surface area contributed by atoms with E-state index in [2.05, 4.69) is 41.1 Å². The highest BCUT2D eigenvalue weighted by Crippen LogP contribution is 2.28. The third-order valence-corrected chi connectivity index (χ3v) is 4.83. The van der Waals surface area contributed by atoms with Gasteiger partial charge in [0.25, 0.3) is 0 Å². The zero-order valence-corrected chi connectivity index (χ0v) is 14.9. The Bertz CT molecular complexity index is 934. The Labute approximate surface area is 152 Å². The highest BCUT2D eigenvalue weighted by atomic mass is 79.9. The lowest BCUT2D eigenvalue weighted by molar-refractivity contribution is 0.625. The van der Waals surface area contributed by atoms with Crippen LogP contribution >= 0.6 is 15.9 Å². The molecule has 0 amide bonds. The van der Waals surface area contributed by atoms with E-state index >= 15 is 0 Å². The summed E-state index contributed by atoms with van der Waals surface area (Å²) in [4.78, 5) is 15.3. The van der Waals surface area contributed by atoms with Crippen LogP contribution in [-0.2, 0) is 0 Å².